The molecule has 94 valence electrons. The fourth-order valence-corrected chi connectivity index (χ4v) is 3.59. The number of aliphatic hydroxyl groups excluding tert-OH is 1. The van der Waals surface area contributed by atoms with Gasteiger partial charge in [-0.15, -0.1) is 11.8 Å². The van der Waals surface area contributed by atoms with Gasteiger partial charge in [-0.05, 0) is 25.5 Å². The van der Waals surface area contributed by atoms with Gasteiger partial charge in [0.05, 0.1) is 6.61 Å². The van der Waals surface area contributed by atoms with Gasteiger partial charge in [-0.2, -0.15) is 0 Å². The molecule has 0 aliphatic carbocycles. The van der Waals surface area contributed by atoms with Crippen molar-refractivity contribution < 1.29 is 5.11 Å². The van der Waals surface area contributed by atoms with Crippen LogP contribution in [0.15, 0.2) is 29.2 Å². The largest absolute Gasteiger partial charge is 0.395 e. The molecule has 1 aromatic rings. The summed E-state index contributed by atoms with van der Waals surface area (Å²) in [6.07, 6.45) is 0. The Morgan fingerprint density at radius 2 is 2.18 bits per heavy atom. The molecule has 0 aromatic heterocycles. The first kappa shape index (κ1) is 12.9. The number of thioether (sulfide) groups is 1. The second-order valence-corrected chi connectivity index (χ2v) is 5.92. The van der Waals surface area contributed by atoms with E-state index in [9.17, 15) is 0 Å². The van der Waals surface area contributed by atoms with Crippen LogP contribution in [-0.2, 0) is 0 Å². The van der Waals surface area contributed by atoms with Crippen molar-refractivity contribution in [2.45, 2.75) is 30.7 Å². The van der Waals surface area contributed by atoms with Crippen molar-refractivity contribution in [2.75, 3.05) is 25.4 Å². The predicted molar refractivity (Wildman–Crippen MR) is 73.7 cm³/mol. The molecule has 1 atom stereocenters. The van der Waals surface area contributed by atoms with Crippen LogP contribution in [0.4, 0.5) is 0 Å². The molecule has 0 radical (unpaired) electrons. The minimum atomic E-state index is 0.250. The van der Waals surface area contributed by atoms with Crippen molar-refractivity contribution in [3.05, 3.63) is 29.8 Å². The zero-order chi connectivity index (χ0) is 12.3. The maximum Gasteiger partial charge on any atom is 0.0558 e. The molecule has 2 nitrogen and oxygen atoms in total. The number of nitrogens with zero attached hydrogens (tertiary/aromatic N) is 1. The van der Waals surface area contributed by atoms with E-state index in [1.54, 1.807) is 0 Å². The van der Waals surface area contributed by atoms with Crippen LogP contribution < -0.4 is 0 Å². The Bertz CT molecular complexity index is 367. The number of fused-ring (bicyclic) bond motifs is 1. The normalized spacial score (nSPS) is 19.0. The lowest BCUT2D eigenvalue weighted by Crippen LogP contribution is -2.36. The average molecular weight is 251 g/mol. The summed E-state index contributed by atoms with van der Waals surface area (Å²) in [6, 6.07) is 9.20. The maximum absolute atomic E-state index is 9.11. The number of rotatable bonds is 5. The third-order valence-corrected chi connectivity index (χ3v) is 4.62. The molecule has 1 N–H and O–H groups in total. The third kappa shape index (κ3) is 3.03. The Balaban J connectivity index is 2.05. The summed E-state index contributed by atoms with van der Waals surface area (Å²) < 4.78 is 0. The molecular formula is C14H21NOS. The molecule has 3 heteroatoms. The van der Waals surface area contributed by atoms with E-state index in [1.807, 2.05) is 11.8 Å². The lowest BCUT2D eigenvalue weighted by Gasteiger charge is -2.28. The van der Waals surface area contributed by atoms with Crippen molar-refractivity contribution >= 4 is 11.8 Å². The number of hydrogen-bond donors (Lipinski definition) is 1. The van der Waals surface area contributed by atoms with Gasteiger partial charge in [-0.25, -0.2) is 0 Å². The molecule has 0 saturated carbocycles. The van der Waals surface area contributed by atoms with Crippen LogP contribution in [-0.4, -0.2) is 41.5 Å². The first-order valence-electron chi connectivity index (χ1n) is 6.29. The van der Waals surface area contributed by atoms with Crippen molar-refractivity contribution in [1.82, 2.24) is 4.90 Å². The highest BCUT2D eigenvalue weighted by molar-refractivity contribution is 7.99. The first-order valence-corrected chi connectivity index (χ1v) is 7.27. The fraction of sp³-hybridized carbons (Fsp3) is 0.571. The highest BCUT2D eigenvalue weighted by Gasteiger charge is 2.25. The minimum absolute atomic E-state index is 0.250. The van der Waals surface area contributed by atoms with Gasteiger partial charge in [-0.3, -0.25) is 4.90 Å². The zero-order valence-electron chi connectivity index (χ0n) is 10.6. The average Bonchev–Trinajstić information content (AvgIpc) is 2.72. The molecule has 0 bridgehead atoms. The molecule has 0 spiro atoms. The van der Waals surface area contributed by atoms with Crippen LogP contribution in [0.2, 0.25) is 0 Å². The Labute approximate surface area is 108 Å². The number of aliphatic hydroxyl groups is 1. The lowest BCUT2D eigenvalue weighted by atomic mass is 10.0. The molecule has 2 rings (SSSR count). The highest BCUT2D eigenvalue weighted by Crippen LogP contribution is 2.39. The Kier molecular flexibility index (Phi) is 4.48. The van der Waals surface area contributed by atoms with E-state index in [1.165, 1.54) is 16.2 Å². The van der Waals surface area contributed by atoms with Gasteiger partial charge in [-0.1, -0.05) is 18.2 Å². The zero-order valence-corrected chi connectivity index (χ0v) is 11.4. The van der Waals surface area contributed by atoms with Crippen LogP contribution in [0.5, 0.6) is 0 Å². The molecular weight excluding hydrogens is 230 g/mol. The summed E-state index contributed by atoms with van der Waals surface area (Å²) >= 11 is 1.96. The predicted octanol–water partition coefficient (Wildman–Crippen LogP) is 2.58. The van der Waals surface area contributed by atoms with Crippen molar-refractivity contribution in [2.24, 2.45) is 0 Å². The molecule has 1 aliphatic rings. The topological polar surface area (TPSA) is 23.5 Å². The van der Waals surface area contributed by atoms with Crippen molar-refractivity contribution in [3.8, 4) is 0 Å². The second kappa shape index (κ2) is 5.89. The third-order valence-electron chi connectivity index (χ3n) is 3.37. The van der Waals surface area contributed by atoms with E-state index in [0.29, 0.717) is 12.0 Å². The van der Waals surface area contributed by atoms with E-state index in [4.69, 9.17) is 5.11 Å². The highest BCUT2D eigenvalue weighted by atomic mass is 32.2. The quantitative estimate of drug-likeness (QED) is 0.870. The monoisotopic (exact) mass is 251 g/mol. The van der Waals surface area contributed by atoms with E-state index in [0.717, 1.165) is 13.1 Å². The number of benzene rings is 1. The van der Waals surface area contributed by atoms with E-state index >= 15 is 0 Å². The van der Waals surface area contributed by atoms with Gasteiger partial charge in [0.1, 0.15) is 0 Å². The Morgan fingerprint density at radius 3 is 2.88 bits per heavy atom. The lowest BCUT2D eigenvalue weighted by molar-refractivity contribution is 0.160. The summed E-state index contributed by atoms with van der Waals surface area (Å²) in [4.78, 5) is 3.80. The van der Waals surface area contributed by atoms with Gasteiger partial charge < -0.3 is 5.11 Å². The molecule has 1 aromatic carbocycles. The summed E-state index contributed by atoms with van der Waals surface area (Å²) in [7, 11) is 0. The van der Waals surface area contributed by atoms with Crippen LogP contribution in [0.1, 0.15) is 25.3 Å². The molecule has 1 aliphatic heterocycles. The number of hydrogen-bond acceptors (Lipinski definition) is 3. The van der Waals surface area contributed by atoms with Gasteiger partial charge >= 0.3 is 0 Å². The van der Waals surface area contributed by atoms with Crippen LogP contribution in [0.25, 0.3) is 0 Å². The standard InChI is InChI=1S/C14H21NOS/c1-11(2)15(7-8-16)9-12-10-17-14-6-4-3-5-13(12)14/h3-6,11-12,16H,7-10H2,1-2H3. The summed E-state index contributed by atoms with van der Waals surface area (Å²) in [5.74, 6) is 1.79. The van der Waals surface area contributed by atoms with E-state index in [2.05, 4.69) is 43.0 Å². The van der Waals surface area contributed by atoms with Crippen molar-refractivity contribution in [1.29, 1.82) is 0 Å². The Hall–Kier alpha value is -0.510. The molecule has 1 heterocycles. The van der Waals surface area contributed by atoms with Gasteiger partial charge in [0.25, 0.3) is 0 Å². The van der Waals surface area contributed by atoms with Gasteiger partial charge in [0.2, 0.25) is 0 Å². The maximum atomic E-state index is 9.11. The minimum Gasteiger partial charge on any atom is -0.395 e. The van der Waals surface area contributed by atoms with Crippen LogP contribution >= 0.6 is 11.8 Å². The van der Waals surface area contributed by atoms with E-state index in [-0.39, 0.29) is 6.61 Å². The van der Waals surface area contributed by atoms with Crippen molar-refractivity contribution in [3.63, 3.8) is 0 Å². The van der Waals surface area contributed by atoms with E-state index < -0.39 is 0 Å². The fourth-order valence-electron chi connectivity index (χ4n) is 2.35. The smallest absolute Gasteiger partial charge is 0.0558 e. The molecule has 0 amide bonds. The van der Waals surface area contributed by atoms with Gasteiger partial charge in [0.15, 0.2) is 0 Å². The van der Waals surface area contributed by atoms with Gasteiger partial charge in [0, 0.05) is 35.7 Å². The first-order chi connectivity index (χ1) is 8.22. The SMILES string of the molecule is CC(C)N(CCO)CC1CSc2ccccc21. The Morgan fingerprint density at radius 1 is 1.41 bits per heavy atom. The summed E-state index contributed by atoms with van der Waals surface area (Å²) in [6.45, 7) is 6.48. The summed E-state index contributed by atoms with van der Waals surface area (Å²) in [5, 5.41) is 9.11. The molecule has 0 saturated heterocycles. The van der Waals surface area contributed by atoms with Crippen LogP contribution in [0, 0.1) is 0 Å². The summed E-state index contributed by atoms with van der Waals surface area (Å²) in [5.41, 5.74) is 1.49. The van der Waals surface area contributed by atoms with Crippen LogP contribution in [0.3, 0.4) is 0 Å². The molecule has 17 heavy (non-hydrogen) atoms. The molecule has 1 unspecified atom stereocenters. The molecule has 0 fully saturated rings. The second-order valence-electron chi connectivity index (χ2n) is 4.86.